The molecule has 0 aromatic rings. The molecule has 0 radical (unpaired) electrons. The lowest BCUT2D eigenvalue weighted by atomic mass is 9.95. The van der Waals surface area contributed by atoms with Crippen LogP contribution in [0.3, 0.4) is 0 Å². The lowest BCUT2D eigenvalue weighted by Crippen LogP contribution is -2.49. The van der Waals surface area contributed by atoms with Gasteiger partial charge in [0, 0.05) is 11.8 Å². The normalized spacial score (nSPS) is 34.9. The molecule has 2 atom stereocenters. The number of β-amino-alcohol motifs (C(OH)–C–C–N with tert-alkyl or cyclic N) is 1. The smallest absolute Gasteiger partial charge is 0.119 e. The number of nitrogens with one attached hydrogen (secondary N) is 1. The molecule has 1 saturated heterocycles. The van der Waals surface area contributed by atoms with Gasteiger partial charge in [0.2, 0.25) is 0 Å². The van der Waals surface area contributed by atoms with Gasteiger partial charge in [-0.05, 0) is 12.2 Å². The summed E-state index contributed by atoms with van der Waals surface area (Å²) in [6.45, 7) is 2.67. The van der Waals surface area contributed by atoms with Crippen molar-refractivity contribution in [2.75, 3.05) is 18.9 Å². The van der Waals surface area contributed by atoms with Gasteiger partial charge in [0.15, 0.2) is 0 Å². The molecule has 1 heterocycles. The Labute approximate surface area is 77.1 Å². The molecule has 0 saturated carbocycles. The number of rotatable bonds is 3. The van der Waals surface area contributed by atoms with Crippen molar-refractivity contribution in [3.8, 4) is 6.07 Å². The fraction of sp³-hybridized carbons (Fsp3) is 0.875. The Balaban J connectivity index is 2.57. The van der Waals surface area contributed by atoms with E-state index in [4.69, 9.17) is 10.4 Å². The van der Waals surface area contributed by atoms with E-state index in [-0.39, 0.29) is 6.61 Å². The van der Waals surface area contributed by atoms with Crippen LogP contribution in [-0.4, -0.2) is 34.8 Å². The van der Waals surface area contributed by atoms with Crippen molar-refractivity contribution in [1.29, 1.82) is 5.26 Å². The van der Waals surface area contributed by atoms with Gasteiger partial charge in [0.25, 0.3) is 0 Å². The van der Waals surface area contributed by atoms with Crippen LogP contribution in [-0.2, 0) is 0 Å². The minimum absolute atomic E-state index is 0.0980. The number of thioether (sulfide) groups is 1. The maximum absolute atomic E-state index is 9.01. The van der Waals surface area contributed by atoms with Gasteiger partial charge in [0.1, 0.15) is 5.54 Å². The molecule has 2 N–H and O–H groups in total. The Kier molecular flexibility index (Phi) is 3.39. The quantitative estimate of drug-likeness (QED) is 0.668. The van der Waals surface area contributed by atoms with Crippen molar-refractivity contribution >= 4 is 11.8 Å². The first-order chi connectivity index (χ1) is 5.75. The van der Waals surface area contributed by atoms with Crippen LogP contribution in [0, 0.1) is 11.3 Å². The molecule has 1 fully saturated rings. The molecule has 0 amide bonds. The van der Waals surface area contributed by atoms with Gasteiger partial charge in [-0.15, -0.1) is 0 Å². The second kappa shape index (κ2) is 4.13. The lowest BCUT2D eigenvalue weighted by Gasteiger charge is -2.25. The minimum Gasteiger partial charge on any atom is -0.395 e. The van der Waals surface area contributed by atoms with Crippen LogP contribution in [0.25, 0.3) is 0 Å². The molecule has 68 valence electrons. The molecule has 0 bridgehead atoms. The Bertz CT molecular complexity index is 192. The van der Waals surface area contributed by atoms with Crippen LogP contribution in [0.2, 0.25) is 0 Å². The Morgan fingerprint density at radius 1 is 1.83 bits per heavy atom. The summed E-state index contributed by atoms with van der Waals surface area (Å²) in [4.78, 5) is 0. The molecule has 0 aromatic carbocycles. The largest absolute Gasteiger partial charge is 0.395 e. The topological polar surface area (TPSA) is 56.0 Å². The van der Waals surface area contributed by atoms with Crippen molar-refractivity contribution in [3.05, 3.63) is 0 Å². The van der Waals surface area contributed by atoms with E-state index in [9.17, 15) is 0 Å². The molecule has 2 unspecified atom stereocenters. The molecule has 1 aliphatic rings. The third-order valence-electron chi connectivity index (χ3n) is 2.31. The molecule has 0 aromatic heterocycles. The molecule has 0 aliphatic carbocycles. The van der Waals surface area contributed by atoms with Gasteiger partial charge in [-0.2, -0.15) is 17.0 Å². The van der Waals surface area contributed by atoms with E-state index >= 15 is 0 Å². The number of nitrogens with zero attached hydrogens (tertiary/aromatic N) is 1. The lowest BCUT2D eigenvalue weighted by molar-refractivity contribution is 0.271. The van der Waals surface area contributed by atoms with E-state index in [0.29, 0.717) is 11.8 Å². The zero-order valence-electron chi connectivity index (χ0n) is 7.21. The average molecular weight is 186 g/mol. The van der Waals surface area contributed by atoms with Gasteiger partial charge in [-0.3, -0.25) is 5.32 Å². The summed E-state index contributed by atoms with van der Waals surface area (Å²) < 4.78 is 0. The van der Waals surface area contributed by atoms with Crippen molar-refractivity contribution in [1.82, 2.24) is 5.32 Å². The van der Waals surface area contributed by atoms with Crippen molar-refractivity contribution in [2.24, 2.45) is 0 Å². The maximum atomic E-state index is 9.01. The van der Waals surface area contributed by atoms with Crippen molar-refractivity contribution in [3.63, 3.8) is 0 Å². The van der Waals surface area contributed by atoms with Gasteiger partial charge < -0.3 is 5.11 Å². The number of aliphatic hydroxyl groups is 1. The number of nitriles is 1. The highest BCUT2D eigenvalue weighted by Crippen LogP contribution is 2.34. The van der Waals surface area contributed by atoms with E-state index < -0.39 is 5.54 Å². The average Bonchev–Trinajstić information content (AvgIpc) is 2.45. The fourth-order valence-electron chi connectivity index (χ4n) is 1.44. The first-order valence-electron chi connectivity index (χ1n) is 4.14. The standard InChI is InChI=1S/C8H14N2OS/c1-7-8(6-9,2-5-12-7)10-3-4-11/h7,10-11H,2-5H2,1H3. The van der Waals surface area contributed by atoms with Crippen molar-refractivity contribution in [2.45, 2.75) is 24.1 Å². The summed E-state index contributed by atoms with van der Waals surface area (Å²) in [6.07, 6.45) is 0.884. The fourth-order valence-corrected chi connectivity index (χ4v) is 2.77. The zero-order valence-corrected chi connectivity index (χ0v) is 8.02. The predicted molar refractivity (Wildman–Crippen MR) is 50.0 cm³/mol. The van der Waals surface area contributed by atoms with Gasteiger partial charge in [-0.1, -0.05) is 6.92 Å². The molecule has 12 heavy (non-hydrogen) atoms. The van der Waals surface area contributed by atoms with E-state index in [1.54, 1.807) is 0 Å². The molecular formula is C8H14N2OS. The van der Waals surface area contributed by atoms with E-state index in [2.05, 4.69) is 18.3 Å². The van der Waals surface area contributed by atoms with Crippen LogP contribution < -0.4 is 5.32 Å². The first-order valence-corrected chi connectivity index (χ1v) is 5.19. The monoisotopic (exact) mass is 186 g/mol. The van der Waals surface area contributed by atoms with Crippen LogP contribution in [0.15, 0.2) is 0 Å². The van der Waals surface area contributed by atoms with Crippen LogP contribution in [0.4, 0.5) is 0 Å². The predicted octanol–water partition coefficient (Wildman–Crippen LogP) is 0.356. The molecule has 3 nitrogen and oxygen atoms in total. The zero-order chi connectivity index (χ0) is 9.03. The van der Waals surface area contributed by atoms with E-state index in [1.165, 1.54) is 0 Å². The number of hydrogen-bond donors (Lipinski definition) is 2. The highest BCUT2D eigenvalue weighted by Gasteiger charge is 2.40. The summed E-state index contributed by atoms with van der Waals surface area (Å²) in [5.41, 5.74) is -0.395. The summed E-state index contributed by atoms with van der Waals surface area (Å²) in [5.74, 6) is 1.03. The minimum atomic E-state index is -0.395. The van der Waals surface area contributed by atoms with Gasteiger partial charge in [-0.25, -0.2) is 0 Å². The number of aliphatic hydroxyl groups excluding tert-OH is 1. The molecule has 0 spiro atoms. The summed E-state index contributed by atoms with van der Waals surface area (Å²) >= 11 is 1.81. The van der Waals surface area contributed by atoms with Crippen LogP contribution in [0.5, 0.6) is 0 Å². The van der Waals surface area contributed by atoms with Gasteiger partial charge >= 0.3 is 0 Å². The van der Waals surface area contributed by atoms with E-state index in [1.807, 2.05) is 11.8 Å². The second-order valence-electron chi connectivity index (χ2n) is 3.00. The summed E-state index contributed by atoms with van der Waals surface area (Å²) in [6, 6.07) is 2.32. The Morgan fingerprint density at radius 2 is 2.58 bits per heavy atom. The number of hydrogen-bond acceptors (Lipinski definition) is 4. The SMILES string of the molecule is CC1SCCC1(C#N)NCCO. The third kappa shape index (κ3) is 1.74. The molecule has 4 heteroatoms. The van der Waals surface area contributed by atoms with E-state index in [0.717, 1.165) is 12.2 Å². The summed E-state index contributed by atoms with van der Waals surface area (Å²) in [7, 11) is 0. The first kappa shape index (κ1) is 9.85. The Morgan fingerprint density at radius 3 is 3.00 bits per heavy atom. The maximum Gasteiger partial charge on any atom is 0.119 e. The van der Waals surface area contributed by atoms with Crippen molar-refractivity contribution < 1.29 is 5.11 Å². The third-order valence-corrected chi connectivity index (χ3v) is 3.65. The summed E-state index contributed by atoms with van der Waals surface area (Å²) in [5, 5.41) is 21.1. The highest BCUT2D eigenvalue weighted by atomic mass is 32.2. The molecule has 1 rings (SSSR count). The Hall–Kier alpha value is -0.240. The van der Waals surface area contributed by atoms with Crippen LogP contribution in [0.1, 0.15) is 13.3 Å². The second-order valence-corrected chi connectivity index (χ2v) is 4.45. The molecule has 1 aliphatic heterocycles. The van der Waals surface area contributed by atoms with Crippen LogP contribution >= 0.6 is 11.8 Å². The highest BCUT2D eigenvalue weighted by molar-refractivity contribution is 8.00. The van der Waals surface area contributed by atoms with Gasteiger partial charge in [0.05, 0.1) is 12.7 Å². The molecular weight excluding hydrogens is 172 g/mol.